The van der Waals surface area contributed by atoms with E-state index < -0.39 is 5.97 Å². The van der Waals surface area contributed by atoms with Crippen LogP contribution in [0.25, 0.3) is 0 Å². The van der Waals surface area contributed by atoms with E-state index in [0.29, 0.717) is 18.7 Å². The Morgan fingerprint density at radius 3 is 2.45 bits per heavy atom. The number of carboxylic acids is 1. The van der Waals surface area contributed by atoms with Gasteiger partial charge in [-0.05, 0) is 50.1 Å². The Kier molecular flexibility index (Phi) is 6.73. The molecule has 0 aliphatic carbocycles. The molecule has 29 heavy (non-hydrogen) atoms. The molecule has 1 heterocycles. The lowest BCUT2D eigenvalue weighted by Crippen LogP contribution is -2.18. The first-order chi connectivity index (χ1) is 14.0. The Labute approximate surface area is 172 Å². The molecular formula is C24H28N2O3. The van der Waals surface area contributed by atoms with Crippen molar-refractivity contribution in [1.82, 2.24) is 9.88 Å². The van der Waals surface area contributed by atoms with Crippen LogP contribution in [-0.4, -0.2) is 29.3 Å². The molecule has 0 spiro atoms. The summed E-state index contributed by atoms with van der Waals surface area (Å²) in [5.41, 5.74) is 5.35. The number of aromatic carboxylic acids is 1. The number of aromatic nitrogens is 1. The molecule has 0 amide bonds. The van der Waals surface area contributed by atoms with E-state index in [1.165, 1.54) is 5.56 Å². The maximum absolute atomic E-state index is 12.0. The molecule has 0 bridgehead atoms. The maximum atomic E-state index is 12.0. The third-order valence-corrected chi connectivity index (χ3v) is 5.33. The van der Waals surface area contributed by atoms with Gasteiger partial charge >= 0.3 is 5.97 Å². The molecule has 5 nitrogen and oxygen atoms in total. The van der Waals surface area contributed by atoms with E-state index in [2.05, 4.69) is 22.0 Å². The van der Waals surface area contributed by atoms with Gasteiger partial charge in [-0.1, -0.05) is 42.5 Å². The molecule has 0 saturated heterocycles. The van der Waals surface area contributed by atoms with Crippen molar-refractivity contribution in [1.29, 1.82) is 0 Å². The zero-order valence-electron chi connectivity index (χ0n) is 17.2. The first-order valence-electron chi connectivity index (χ1n) is 9.80. The van der Waals surface area contributed by atoms with Crippen LogP contribution in [0.15, 0.2) is 54.6 Å². The van der Waals surface area contributed by atoms with Gasteiger partial charge in [-0.25, -0.2) is 4.79 Å². The van der Waals surface area contributed by atoms with Gasteiger partial charge in [0.05, 0.1) is 12.7 Å². The number of methoxy groups -OCH3 is 1. The van der Waals surface area contributed by atoms with E-state index >= 15 is 0 Å². The van der Waals surface area contributed by atoms with Crippen LogP contribution >= 0.6 is 0 Å². The highest BCUT2D eigenvalue weighted by Crippen LogP contribution is 2.25. The van der Waals surface area contributed by atoms with Gasteiger partial charge in [0.25, 0.3) is 0 Å². The zero-order chi connectivity index (χ0) is 20.8. The molecule has 0 unspecified atom stereocenters. The number of nitrogens with zero attached hydrogens (tertiary/aromatic N) is 1. The lowest BCUT2D eigenvalue weighted by atomic mass is 10.1. The van der Waals surface area contributed by atoms with Crippen LogP contribution in [-0.2, 0) is 19.5 Å². The molecule has 2 aromatic carbocycles. The molecule has 0 radical (unpaired) electrons. The zero-order valence-corrected chi connectivity index (χ0v) is 17.2. The van der Waals surface area contributed by atoms with E-state index in [0.717, 1.165) is 41.2 Å². The van der Waals surface area contributed by atoms with Gasteiger partial charge in [-0.15, -0.1) is 0 Å². The van der Waals surface area contributed by atoms with E-state index in [4.69, 9.17) is 4.74 Å². The highest BCUT2D eigenvalue weighted by Gasteiger charge is 2.22. The van der Waals surface area contributed by atoms with Crippen LogP contribution < -0.4 is 10.1 Å². The molecule has 0 aliphatic rings. The minimum atomic E-state index is -0.880. The van der Waals surface area contributed by atoms with Crippen molar-refractivity contribution in [2.75, 3.05) is 13.7 Å². The van der Waals surface area contributed by atoms with E-state index in [1.807, 2.05) is 56.3 Å². The summed E-state index contributed by atoms with van der Waals surface area (Å²) in [6, 6.07) is 18.1. The van der Waals surface area contributed by atoms with Crippen molar-refractivity contribution in [2.45, 2.75) is 33.4 Å². The Bertz CT molecular complexity index is 977. The van der Waals surface area contributed by atoms with Gasteiger partial charge in [0.2, 0.25) is 0 Å². The summed E-state index contributed by atoms with van der Waals surface area (Å²) in [7, 11) is 1.65. The first kappa shape index (κ1) is 20.7. The van der Waals surface area contributed by atoms with Gasteiger partial charge in [-0.3, -0.25) is 0 Å². The fourth-order valence-corrected chi connectivity index (χ4v) is 3.73. The summed E-state index contributed by atoms with van der Waals surface area (Å²) < 4.78 is 7.38. The predicted octanol–water partition coefficient (Wildman–Crippen LogP) is 4.19. The molecule has 5 heteroatoms. The van der Waals surface area contributed by atoms with Crippen molar-refractivity contribution in [3.05, 3.63) is 88.2 Å². The third-order valence-electron chi connectivity index (χ3n) is 5.33. The second kappa shape index (κ2) is 9.43. The van der Waals surface area contributed by atoms with Gasteiger partial charge in [0.15, 0.2) is 0 Å². The second-order valence-electron chi connectivity index (χ2n) is 7.18. The Morgan fingerprint density at radius 2 is 1.76 bits per heavy atom. The van der Waals surface area contributed by atoms with Crippen LogP contribution in [0.5, 0.6) is 5.75 Å². The molecule has 0 aliphatic heterocycles. The highest BCUT2D eigenvalue weighted by atomic mass is 16.5. The highest BCUT2D eigenvalue weighted by molar-refractivity contribution is 5.91. The molecule has 0 fully saturated rings. The largest absolute Gasteiger partial charge is 0.497 e. The summed E-state index contributed by atoms with van der Waals surface area (Å²) in [6.07, 6.45) is 0.909. The third kappa shape index (κ3) is 4.87. The summed E-state index contributed by atoms with van der Waals surface area (Å²) in [5.74, 6) is -0.0823. The minimum Gasteiger partial charge on any atom is -0.497 e. The van der Waals surface area contributed by atoms with Gasteiger partial charge in [-0.2, -0.15) is 0 Å². The minimum absolute atomic E-state index is 0.401. The van der Waals surface area contributed by atoms with Crippen molar-refractivity contribution in [3.8, 4) is 5.75 Å². The van der Waals surface area contributed by atoms with Gasteiger partial charge in [0.1, 0.15) is 5.75 Å². The fraction of sp³-hybridized carbons (Fsp3) is 0.292. The van der Waals surface area contributed by atoms with E-state index in [-0.39, 0.29) is 0 Å². The quantitative estimate of drug-likeness (QED) is 0.536. The number of hydrogen-bond donors (Lipinski definition) is 2. The Balaban J connectivity index is 1.77. The van der Waals surface area contributed by atoms with Crippen LogP contribution in [0.3, 0.4) is 0 Å². The number of carbonyl (C=O) groups is 1. The molecule has 0 saturated carbocycles. The number of ether oxygens (including phenoxy) is 1. The van der Waals surface area contributed by atoms with Gasteiger partial charge < -0.3 is 19.7 Å². The molecule has 3 aromatic rings. The molecule has 3 rings (SSSR count). The van der Waals surface area contributed by atoms with Crippen molar-refractivity contribution in [3.63, 3.8) is 0 Å². The van der Waals surface area contributed by atoms with Crippen LogP contribution in [0.4, 0.5) is 0 Å². The smallest absolute Gasteiger partial charge is 0.337 e. The summed E-state index contributed by atoms with van der Waals surface area (Å²) in [5, 5.41) is 13.2. The SMILES string of the molecule is COc1cccc(Cn2c(C)c(CNCCc3ccccc3)c(C(=O)O)c2C)c1. The standard InChI is InChI=1S/C24H28N2O3/c1-17-22(15-25-13-12-19-8-5-4-6-9-19)23(24(27)28)18(2)26(17)16-20-10-7-11-21(14-20)29-3/h4-11,14,25H,12-13,15-16H2,1-3H3,(H,27,28). The second-order valence-corrected chi connectivity index (χ2v) is 7.18. The monoisotopic (exact) mass is 392 g/mol. The number of rotatable bonds is 9. The van der Waals surface area contributed by atoms with Gasteiger partial charge in [0, 0.05) is 30.0 Å². The van der Waals surface area contributed by atoms with Crippen molar-refractivity contribution >= 4 is 5.97 Å². The predicted molar refractivity (Wildman–Crippen MR) is 115 cm³/mol. The molecular weight excluding hydrogens is 364 g/mol. The van der Waals surface area contributed by atoms with Crippen LogP contribution in [0.2, 0.25) is 0 Å². The number of hydrogen-bond acceptors (Lipinski definition) is 3. The van der Waals surface area contributed by atoms with E-state index in [9.17, 15) is 9.90 Å². The van der Waals surface area contributed by atoms with Crippen molar-refractivity contribution < 1.29 is 14.6 Å². The van der Waals surface area contributed by atoms with E-state index in [1.54, 1.807) is 7.11 Å². The average molecular weight is 392 g/mol. The molecule has 2 N–H and O–H groups in total. The van der Waals surface area contributed by atoms with Crippen LogP contribution in [0.1, 0.15) is 38.4 Å². The first-order valence-corrected chi connectivity index (χ1v) is 9.80. The summed E-state index contributed by atoms with van der Waals surface area (Å²) in [6.45, 7) is 5.81. The van der Waals surface area contributed by atoms with Crippen molar-refractivity contribution in [2.24, 2.45) is 0 Å². The summed E-state index contributed by atoms with van der Waals surface area (Å²) in [4.78, 5) is 12.0. The topological polar surface area (TPSA) is 63.5 Å². The lowest BCUT2D eigenvalue weighted by Gasteiger charge is -2.11. The Morgan fingerprint density at radius 1 is 1.03 bits per heavy atom. The molecule has 1 aromatic heterocycles. The number of carboxylic acid groups (broad SMARTS) is 1. The fourth-order valence-electron chi connectivity index (χ4n) is 3.73. The number of nitrogens with one attached hydrogen (secondary N) is 1. The average Bonchev–Trinajstić information content (AvgIpc) is 2.96. The lowest BCUT2D eigenvalue weighted by molar-refractivity contribution is 0.0694. The molecule has 152 valence electrons. The maximum Gasteiger partial charge on any atom is 0.337 e. The summed E-state index contributed by atoms with van der Waals surface area (Å²) >= 11 is 0. The van der Waals surface area contributed by atoms with Crippen LogP contribution in [0, 0.1) is 13.8 Å². The number of benzene rings is 2. The molecule has 0 atom stereocenters. The normalized spacial score (nSPS) is 10.9. The Hall–Kier alpha value is -3.05.